The summed E-state index contributed by atoms with van der Waals surface area (Å²) < 4.78 is 0. The quantitative estimate of drug-likeness (QED) is 0.533. The van der Waals surface area contributed by atoms with Crippen LogP contribution in [-0.4, -0.2) is 24.5 Å². The maximum atomic E-state index is 8.30. The van der Waals surface area contributed by atoms with Gasteiger partial charge in [0.25, 0.3) is 0 Å². The summed E-state index contributed by atoms with van der Waals surface area (Å²) in [6, 6.07) is 2.15. The van der Waals surface area contributed by atoms with Crippen molar-refractivity contribution >= 4 is 0 Å². The van der Waals surface area contributed by atoms with Crippen LogP contribution in [-0.2, 0) is 0 Å². The van der Waals surface area contributed by atoms with Crippen molar-refractivity contribution in [3.8, 4) is 6.07 Å². The first kappa shape index (κ1) is 7.30. The van der Waals surface area contributed by atoms with Crippen molar-refractivity contribution in [1.82, 2.24) is 4.90 Å². The van der Waals surface area contributed by atoms with Crippen molar-refractivity contribution in [2.75, 3.05) is 19.6 Å². The predicted molar refractivity (Wildman–Crippen MR) is 40.4 cm³/mol. The molecule has 1 aliphatic rings. The topological polar surface area (TPSA) is 27.0 Å². The van der Waals surface area contributed by atoms with E-state index in [0.29, 0.717) is 6.42 Å². The van der Waals surface area contributed by atoms with E-state index < -0.39 is 0 Å². The van der Waals surface area contributed by atoms with Crippen LogP contribution in [0.1, 0.15) is 12.8 Å². The van der Waals surface area contributed by atoms with E-state index in [2.05, 4.69) is 23.1 Å². The molecule has 0 aliphatic carbocycles. The summed E-state index contributed by atoms with van der Waals surface area (Å²) >= 11 is 0. The van der Waals surface area contributed by atoms with Gasteiger partial charge in [0.05, 0.1) is 6.07 Å². The lowest BCUT2D eigenvalue weighted by Gasteiger charge is -2.21. The van der Waals surface area contributed by atoms with Gasteiger partial charge in [0.15, 0.2) is 0 Å². The van der Waals surface area contributed by atoms with Gasteiger partial charge in [0.2, 0.25) is 0 Å². The summed E-state index contributed by atoms with van der Waals surface area (Å²) in [6.45, 7) is 3.08. The molecule has 0 atom stereocenters. The fourth-order valence-corrected chi connectivity index (χ4v) is 1.10. The fraction of sp³-hybridized carbons (Fsp3) is 0.625. The molecule has 0 amide bonds. The molecule has 2 heteroatoms. The van der Waals surface area contributed by atoms with Crippen LogP contribution in [0.4, 0.5) is 0 Å². The number of hydrogen-bond donors (Lipinski definition) is 0. The van der Waals surface area contributed by atoms with E-state index in [1.54, 1.807) is 0 Å². The molecule has 0 N–H and O–H groups in total. The minimum absolute atomic E-state index is 0.661. The first-order valence-corrected chi connectivity index (χ1v) is 3.68. The zero-order valence-corrected chi connectivity index (χ0v) is 6.08. The van der Waals surface area contributed by atoms with Crippen LogP contribution < -0.4 is 0 Å². The van der Waals surface area contributed by atoms with Gasteiger partial charge >= 0.3 is 0 Å². The summed E-state index contributed by atoms with van der Waals surface area (Å²) in [5, 5.41) is 8.30. The van der Waals surface area contributed by atoms with E-state index in [9.17, 15) is 0 Å². The Hall–Kier alpha value is -0.810. The second-order valence-corrected chi connectivity index (χ2v) is 2.47. The van der Waals surface area contributed by atoms with Crippen LogP contribution in [0.15, 0.2) is 12.2 Å². The van der Waals surface area contributed by atoms with Gasteiger partial charge in [-0.15, -0.1) is 0 Å². The molecule has 0 bridgehead atoms. The molecule has 0 spiro atoms. The molecule has 0 saturated heterocycles. The lowest BCUT2D eigenvalue weighted by molar-refractivity contribution is 0.306. The standard InChI is InChI=1S/C8H12N2/c9-5-4-8-10-6-2-1-3-7-10/h1-2H,3-4,6-8H2. The van der Waals surface area contributed by atoms with E-state index in [4.69, 9.17) is 5.26 Å². The van der Waals surface area contributed by atoms with Crippen molar-refractivity contribution in [2.45, 2.75) is 12.8 Å². The van der Waals surface area contributed by atoms with E-state index in [0.717, 1.165) is 26.1 Å². The van der Waals surface area contributed by atoms with Crippen LogP contribution in [0.25, 0.3) is 0 Å². The molecule has 2 nitrogen and oxygen atoms in total. The van der Waals surface area contributed by atoms with Crippen LogP contribution in [0.2, 0.25) is 0 Å². The summed E-state index contributed by atoms with van der Waals surface area (Å²) in [6.07, 6.45) is 6.17. The average molecular weight is 136 g/mol. The van der Waals surface area contributed by atoms with Crippen LogP contribution in [0, 0.1) is 11.3 Å². The van der Waals surface area contributed by atoms with Gasteiger partial charge in [-0.05, 0) is 6.42 Å². The highest BCUT2D eigenvalue weighted by molar-refractivity contribution is 4.91. The van der Waals surface area contributed by atoms with Gasteiger partial charge in [0, 0.05) is 26.1 Å². The Bertz CT molecular complexity index is 155. The summed E-state index contributed by atoms with van der Waals surface area (Å²) in [5.74, 6) is 0. The van der Waals surface area contributed by atoms with Crippen molar-refractivity contribution in [2.24, 2.45) is 0 Å². The molecule has 54 valence electrons. The Morgan fingerprint density at radius 2 is 2.40 bits per heavy atom. The number of nitriles is 1. The van der Waals surface area contributed by atoms with Gasteiger partial charge in [-0.3, -0.25) is 4.90 Å². The highest BCUT2D eigenvalue weighted by Crippen LogP contribution is 2.00. The van der Waals surface area contributed by atoms with Gasteiger partial charge in [-0.2, -0.15) is 5.26 Å². The highest BCUT2D eigenvalue weighted by Gasteiger charge is 2.03. The SMILES string of the molecule is N#CCCN1CC=CCC1. The van der Waals surface area contributed by atoms with E-state index in [1.807, 2.05) is 0 Å². The zero-order valence-electron chi connectivity index (χ0n) is 6.08. The van der Waals surface area contributed by atoms with Gasteiger partial charge in [-0.1, -0.05) is 12.2 Å². The van der Waals surface area contributed by atoms with Crippen LogP contribution >= 0.6 is 0 Å². The molecule has 0 unspecified atom stereocenters. The molecule has 1 aliphatic heterocycles. The Labute approximate surface area is 61.8 Å². The monoisotopic (exact) mass is 136 g/mol. The first-order valence-electron chi connectivity index (χ1n) is 3.68. The highest BCUT2D eigenvalue weighted by atomic mass is 15.1. The third kappa shape index (κ3) is 2.20. The second-order valence-electron chi connectivity index (χ2n) is 2.47. The number of nitrogens with zero attached hydrogens (tertiary/aromatic N) is 2. The van der Waals surface area contributed by atoms with E-state index in [1.165, 1.54) is 0 Å². The summed E-state index contributed by atoms with van der Waals surface area (Å²) in [7, 11) is 0. The Balaban J connectivity index is 2.17. The Morgan fingerprint density at radius 1 is 1.50 bits per heavy atom. The van der Waals surface area contributed by atoms with Gasteiger partial charge in [-0.25, -0.2) is 0 Å². The molecule has 0 radical (unpaired) electrons. The Kier molecular flexibility index (Phi) is 2.98. The molecule has 10 heavy (non-hydrogen) atoms. The lowest BCUT2D eigenvalue weighted by Crippen LogP contribution is -2.27. The fourth-order valence-electron chi connectivity index (χ4n) is 1.10. The van der Waals surface area contributed by atoms with Crippen LogP contribution in [0.3, 0.4) is 0 Å². The first-order chi connectivity index (χ1) is 4.93. The molecule has 1 rings (SSSR count). The molecule has 0 fully saturated rings. The molecular formula is C8H12N2. The zero-order chi connectivity index (χ0) is 7.23. The smallest absolute Gasteiger partial charge is 0.0635 e. The molecule has 1 heterocycles. The van der Waals surface area contributed by atoms with E-state index >= 15 is 0 Å². The predicted octanol–water partition coefficient (Wildman–Crippen LogP) is 1.16. The van der Waals surface area contributed by atoms with Crippen molar-refractivity contribution in [3.05, 3.63) is 12.2 Å². The summed E-state index contributed by atoms with van der Waals surface area (Å²) in [4.78, 5) is 2.29. The maximum Gasteiger partial charge on any atom is 0.0635 e. The van der Waals surface area contributed by atoms with Crippen molar-refractivity contribution in [3.63, 3.8) is 0 Å². The summed E-state index contributed by atoms with van der Waals surface area (Å²) in [5.41, 5.74) is 0. The average Bonchev–Trinajstić information content (AvgIpc) is 2.03. The molecular weight excluding hydrogens is 124 g/mol. The number of rotatable bonds is 2. The van der Waals surface area contributed by atoms with Crippen molar-refractivity contribution < 1.29 is 0 Å². The number of hydrogen-bond acceptors (Lipinski definition) is 2. The largest absolute Gasteiger partial charge is 0.298 e. The third-order valence-electron chi connectivity index (χ3n) is 1.68. The van der Waals surface area contributed by atoms with Crippen LogP contribution in [0.5, 0.6) is 0 Å². The Morgan fingerprint density at radius 3 is 3.00 bits per heavy atom. The third-order valence-corrected chi connectivity index (χ3v) is 1.68. The van der Waals surface area contributed by atoms with Gasteiger partial charge < -0.3 is 0 Å². The molecule has 0 aromatic rings. The van der Waals surface area contributed by atoms with E-state index in [-0.39, 0.29) is 0 Å². The van der Waals surface area contributed by atoms with Crippen molar-refractivity contribution in [1.29, 1.82) is 5.26 Å². The maximum absolute atomic E-state index is 8.30. The minimum atomic E-state index is 0.661. The second kappa shape index (κ2) is 4.08. The minimum Gasteiger partial charge on any atom is -0.298 e. The molecule has 0 aromatic heterocycles. The molecule has 0 saturated carbocycles. The normalized spacial score (nSPS) is 18.7. The lowest BCUT2D eigenvalue weighted by atomic mass is 10.2. The molecule has 0 aromatic carbocycles. The van der Waals surface area contributed by atoms with Gasteiger partial charge in [0.1, 0.15) is 0 Å².